The van der Waals surface area contributed by atoms with Crippen molar-refractivity contribution in [2.24, 2.45) is 0 Å². The molecule has 0 radical (unpaired) electrons. The minimum Gasteiger partial charge on any atom is -0.387 e. The fourth-order valence-corrected chi connectivity index (χ4v) is 5.98. The molecule has 0 bridgehead atoms. The molecule has 2 aliphatic carbocycles. The lowest BCUT2D eigenvalue weighted by Crippen LogP contribution is -2.42. The summed E-state index contributed by atoms with van der Waals surface area (Å²) in [5.74, 6) is -0.901. The zero-order chi connectivity index (χ0) is 23.2. The van der Waals surface area contributed by atoms with Crippen LogP contribution in [0, 0.1) is 0 Å². The summed E-state index contributed by atoms with van der Waals surface area (Å²) in [6.07, 6.45) is 6.27. The van der Waals surface area contributed by atoms with Crippen LogP contribution in [0.15, 0.2) is 0 Å². The lowest BCUT2D eigenvalue weighted by Gasteiger charge is -2.26. The van der Waals surface area contributed by atoms with Gasteiger partial charge in [0, 0.05) is 38.3 Å². The summed E-state index contributed by atoms with van der Waals surface area (Å²) in [6, 6.07) is 0.379. The maximum Gasteiger partial charge on any atom is 0.190 e. The van der Waals surface area contributed by atoms with Gasteiger partial charge in [-0.2, -0.15) is 0 Å². The molecule has 0 aromatic rings. The standard InChI is InChI=1S/C13H23NO4.C11H18O4/c1-8(2)14-7-9-10(15)11-12(16-9)18-13(17-11)5-3-4-6-13;1-2-7-8(12)9-10(13-7)15-11(14-9)5-3-4-6-11/h8-12,14-15H,3-7H2,1-2H3;7-10,12H,2-6H2,1H3/t9-,10+,11-,12-;7-,8+,9-,10-/m11/s1. The molecule has 3 N–H and O–H groups in total. The second-order valence-electron chi connectivity index (χ2n) is 10.7. The predicted molar refractivity (Wildman–Crippen MR) is 117 cm³/mol. The Morgan fingerprint density at radius 3 is 1.64 bits per heavy atom. The molecule has 4 heterocycles. The van der Waals surface area contributed by atoms with E-state index in [4.69, 9.17) is 28.4 Å². The highest BCUT2D eigenvalue weighted by atomic mass is 16.8. The third-order valence-electron chi connectivity index (χ3n) is 7.81. The summed E-state index contributed by atoms with van der Waals surface area (Å²) in [6.45, 7) is 6.77. The number of rotatable bonds is 4. The maximum atomic E-state index is 10.2. The lowest BCUT2D eigenvalue weighted by atomic mass is 10.1. The smallest absolute Gasteiger partial charge is 0.190 e. The first kappa shape index (κ1) is 24.3. The van der Waals surface area contributed by atoms with Gasteiger partial charge in [-0.05, 0) is 32.1 Å². The molecule has 8 atom stereocenters. The van der Waals surface area contributed by atoms with Crippen molar-refractivity contribution in [3.05, 3.63) is 0 Å². The van der Waals surface area contributed by atoms with Crippen LogP contribution in [0.1, 0.15) is 78.6 Å². The number of aliphatic hydroxyl groups excluding tert-OH is 2. The van der Waals surface area contributed by atoms with Gasteiger partial charge in [-0.15, -0.1) is 0 Å². The summed E-state index contributed by atoms with van der Waals surface area (Å²) in [5, 5.41) is 23.5. The molecule has 2 saturated carbocycles. The van der Waals surface area contributed by atoms with E-state index in [2.05, 4.69) is 19.2 Å². The highest BCUT2D eigenvalue weighted by Crippen LogP contribution is 2.47. The Balaban J connectivity index is 0.000000140. The first-order valence-corrected chi connectivity index (χ1v) is 13.0. The third-order valence-corrected chi connectivity index (χ3v) is 7.81. The lowest BCUT2D eigenvalue weighted by molar-refractivity contribution is -0.229. The normalized spacial score (nSPS) is 44.5. The molecule has 0 amide bonds. The first-order chi connectivity index (χ1) is 15.8. The molecule has 6 aliphatic rings. The van der Waals surface area contributed by atoms with Crippen LogP contribution in [0.25, 0.3) is 0 Å². The van der Waals surface area contributed by atoms with Crippen molar-refractivity contribution in [1.82, 2.24) is 5.32 Å². The fraction of sp³-hybridized carbons (Fsp3) is 1.00. The van der Waals surface area contributed by atoms with E-state index in [0.717, 1.165) is 57.8 Å². The number of hydrogen-bond donors (Lipinski definition) is 3. The molecular formula is C24H41NO8. The van der Waals surface area contributed by atoms with Crippen LogP contribution < -0.4 is 5.32 Å². The van der Waals surface area contributed by atoms with Crippen molar-refractivity contribution < 1.29 is 38.6 Å². The average Bonchev–Trinajstić information content (AvgIpc) is 3.62. The summed E-state index contributed by atoms with van der Waals surface area (Å²) >= 11 is 0. The zero-order valence-electron chi connectivity index (χ0n) is 20.1. The van der Waals surface area contributed by atoms with Gasteiger partial charge in [-0.1, -0.05) is 20.8 Å². The molecular weight excluding hydrogens is 430 g/mol. The van der Waals surface area contributed by atoms with Crippen molar-refractivity contribution in [3.63, 3.8) is 0 Å². The van der Waals surface area contributed by atoms with E-state index >= 15 is 0 Å². The summed E-state index contributed by atoms with van der Waals surface area (Å²) in [5.41, 5.74) is 0. The topological polar surface area (TPSA) is 108 Å². The molecule has 9 nitrogen and oxygen atoms in total. The van der Waals surface area contributed by atoms with E-state index in [1.54, 1.807) is 0 Å². The Labute approximate surface area is 196 Å². The van der Waals surface area contributed by atoms with Crippen LogP contribution >= 0.6 is 0 Å². The maximum absolute atomic E-state index is 10.2. The molecule has 0 aromatic heterocycles. The Bertz CT molecular complexity index is 665. The van der Waals surface area contributed by atoms with Crippen molar-refractivity contribution >= 4 is 0 Å². The molecule has 6 fully saturated rings. The van der Waals surface area contributed by atoms with E-state index in [1.807, 2.05) is 6.92 Å². The van der Waals surface area contributed by atoms with Crippen LogP contribution in [0.4, 0.5) is 0 Å². The van der Waals surface area contributed by atoms with Crippen LogP contribution in [0.2, 0.25) is 0 Å². The van der Waals surface area contributed by atoms with Gasteiger partial charge in [-0.25, -0.2) is 0 Å². The van der Waals surface area contributed by atoms with Crippen molar-refractivity contribution in [2.75, 3.05) is 6.54 Å². The average molecular weight is 472 g/mol. The van der Waals surface area contributed by atoms with Crippen molar-refractivity contribution in [1.29, 1.82) is 0 Å². The molecule has 190 valence electrons. The van der Waals surface area contributed by atoms with Gasteiger partial charge in [0.05, 0.1) is 6.10 Å². The Hall–Kier alpha value is -0.360. The molecule has 2 spiro atoms. The molecule has 4 aliphatic heterocycles. The number of ether oxygens (including phenoxy) is 6. The van der Waals surface area contributed by atoms with E-state index in [9.17, 15) is 10.2 Å². The quantitative estimate of drug-likeness (QED) is 0.567. The van der Waals surface area contributed by atoms with Crippen LogP contribution in [0.5, 0.6) is 0 Å². The summed E-state index contributed by atoms with van der Waals surface area (Å²) in [4.78, 5) is 0. The SMILES string of the molecule is CC(C)NC[C@H]1O[C@@H]2OC3(CCCC3)O[C@@H]2[C@H]1O.CC[C@H]1O[C@@H]2OC3(CCCC3)O[C@@H]2[C@H]1O. The van der Waals surface area contributed by atoms with Crippen molar-refractivity contribution in [2.45, 2.75) is 145 Å². The Morgan fingerprint density at radius 2 is 1.21 bits per heavy atom. The number of nitrogens with one attached hydrogen (secondary N) is 1. The van der Waals surface area contributed by atoms with Gasteiger partial charge in [0.1, 0.15) is 30.5 Å². The first-order valence-electron chi connectivity index (χ1n) is 13.0. The third kappa shape index (κ3) is 4.73. The minimum absolute atomic E-state index is 0.126. The van der Waals surface area contributed by atoms with Gasteiger partial charge in [0.15, 0.2) is 24.2 Å². The highest BCUT2D eigenvalue weighted by Gasteiger charge is 2.58. The molecule has 0 unspecified atom stereocenters. The highest BCUT2D eigenvalue weighted by molar-refractivity contribution is 4.97. The molecule has 4 saturated heterocycles. The summed E-state index contributed by atoms with van der Waals surface area (Å²) < 4.78 is 35.0. The van der Waals surface area contributed by atoms with Gasteiger partial charge in [-0.3, -0.25) is 0 Å². The van der Waals surface area contributed by atoms with Gasteiger partial charge >= 0.3 is 0 Å². The molecule has 33 heavy (non-hydrogen) atoms. The Kier molecular flexibility index (Phi) is 7.08. The molecule has 6 rings (SSSR count). The van der Waals surface area contributed by atoms with Crippen LogP contribution in [-0.2, 0) is 28.4 Å². The second-order valence-corrected chi connectivity index (χ2v) is 10.7. The van der Waals surface area contributed by atoms with E-state index < -0.39 is 30.1 Å². The second kappa shape index (κ2) is 9.59. The van der Waals surface area contributed by atoms with Crippen LogP contribution in [0.3, 0.4) is 0 Å². The number of fused-ring (bicyclic) bond motifs is 2. The van der Waals surface area contributed by atoms with E-state index in [-0.39, 0.29) is 30.7 Å². The molecule has 9 heteroatoms. The monoisotopic (exact) mass is 471 g/mol. The largest absolute Gasteiger partial charge is 0.387 e. The van der Waals surface area contributed by atoms with E-state index in [1.165, 1.54) is 0 Å². The summed E-state index contributed by atoms with van der Waals surface area (Å²) in [7, 11) is 0. The number of aliphatic hydroxyl groups is 2. The Morgan fingerprint density at radius 1 is 0.758 bits per heavy atom. The predicted octanol–water partition coefficient (Wildman–Crippen LogP) is 1.92. The van der Waals surface area contributed by atoms with Gasteiger partial charge in [0.2, 0.25) is 0 Å². The van der Waals surface area contributed by atoms with E-state index in [0.29, 0.717) is 12.6 Å². The van der Waals surface area contributed by atoms with Gasteiger partial charge < -0.3 is 44.0 Å². The zero-order valence-corrected chi connectivity index (χ0v) is 20.1. The minimum atomic E-state index is -0.596. The van der Waals surface area contributed by atoms with Crippen LogP contribution in [-0.4, -0.2) is 83.6 Å². The van der Waals surface area contributed by atoms with Crippen molar-refractivity contribution in [3.8, 4) is 0 Å². The number of hydrogen-bond acceptors (Lipinski definition) is 9. The molecule has 0 aromatic carbocycles. The van der Waals surface area contributed by atoms with Gasteiger partial charge in [0.25, 0.3) is 0 Å². The fourth-order valence-electron chi connectivity index (χ4n) is 5.98.